The lowest BCUT2D eigenvalue weighted by Gasteiger charge is -2.20. The summed E-state index contributed by atoms with van der Waals surface area (Å²) in [6.07, 6.45) is -0.768. The molecule has 0 aromatic rings. The van der Waals surface area contributed by atoms with Gasteiger partial charge >= 0.3 is 5.97 Å². The number of amides is 1. The summed E-state index contributed by atoms with van der Waals surface area (Å²) in [7, 11) is 0. The third kappa shape index (κ3) is 7.39. The standard InChI is InChI=1S/C12H24N2O4S/c1-4-18-12(17)8(3)14-11(16)10(15)9(13)6-7-19-5-2/h8-10,15H,4-7,13H2,1-3H3,(H,14,16). The second kappa shape index (κ2) is 10.1. The molecule has 0 radical (unpaired) electrons. The van der Waals surface area contributed by atoms with Gasteiger partial charge in [-0.2, -0.15) is 11.8 Å². The van der Waals surface area contributed by atoms with Crippen LogP contribution >= 0.6 is 11.8 Å². The maximum Gasteiger partial charge on any atom is 0.328 e. The largest absolute Gasteiger partial charge is 0.464 e. The van der Waals surface area contributed by atoms with Crippen LogP contribution in [-0.2, 0) is 14.3 Å². The van der Waals surface area contributed by atoms with Crippen LogP contribution in [-0.4, -0.2) is 53.3 Å². The maximum atomic E-state index is 11.7. The number of carbonyl (C=O) groups is 2. The Morgan fingerprint density at radius 2 is 2.05 bits per heavy atom. The Bertz CT molecular complexity index is 289. The van der Waals surface area contributed by atoms with Crippen molar-refractivity contribution in [2.75, 3.05) is 18.1 Å². The van der Waals surface area contributed by atoms with E-state index in [1.807, 2.05) is 6.92 Å². The molecule has 0 aliphatic rings. The van der Waals surface area contributed by atoms with Crippen LogP contribution in [0.3, 0.4) is 0 Å². The Morgan fingerprint density at radius 3 is 2.58 bits per heavy atom. The van der Waals surface area contributed by atoms with E-state index in [4.69, 9.17) is 10.5 Å². The molecule has 0 aromatic heterocycles. The molecule has 0 aromatic carbocycles. The third-order valence-electron chi connectivity index (χ3n) is 2.47. The molecule has 0 saturated carbocycles. The summed E-state index contributed by atoms with van der Waals surface area (Å²) in [6, 6.07) is -1.42. The Balaban J connectivity index is 4.14. The van der Waals surface area contributed by atoms with Crippen LogP contribution < -0.4 is 11.1 Å². The van der Waals surface area contributed by atoms with Crippen molar-refractivity contribution in [3.8, 4) is 0 Å². The lowest BCUT2D eigenvalue weighted by atomic mass is 10.1. The van der Waals surface area contributed by atoms with Gasteiger partial charge in [0.1, 0.15) is 12.1 Å². The molecule has 0 fully saturated rings. The lowest BCUT2D eigenvalue weighted by molar-refractivity contribution is -0.148. The minimum absolute atomic E-state index is 0.245. The SMILES string of the molecule is CCOC(=O)C(C)NC(=O)C(O)C(N)CCSCC. The van der Waals surface area contributed by atoms with Gasteiger partial charge in [0.05, 0.1) is 6.61 Å². The number of rotatable bonds is 9. The normalized spacial score (nSPS) is 15.4. The molecule has 0 saturated heterocycles. The van der Waals surface area contributed by atoms with Gasteiger partial charge in [0.15, 0.2) is 0 Å². The van der Waals surface area contributed by atoms with E-state index in [-0.39, 0.29) is 6.61 Å². The zero-order valence-corrected chi connectivity index (χ0v) is 12.5. The van der Waals surface area contributed by atoms with Crippen LogP contribution in [0.1, 0.15) is 27.2 Å². The molecule has 0 spiro atoms. The predicted molar refractivity (Wildman–Crippen MR) is 75.8 cm³/mol. The molecule has 4 N–H and O–H groups in total. The third-order valence-corrected chi connectivity index (χ3v) is 3.41. The Kier molecular flexibility index (Phi) is 9.63. The number of carbonyl (C=O) groups excluding carboxylic acids is 2. The molecule has 3 unspecified atom stereocenters. The topological polar surface area (TPSA) is 102 Å². The molecule has 0 aliphatic carbocycles. The van der Waals surface area contributed by atoms with Crippen LogP contribution in [0.4, 0.5) is 0 Å². The highest BCUT2D eigenvalue weighted by Gasteiger charge is 2.26. The van der Waals surface area contributed by atoms with E-state index in [1.165, 1.54) is 6.92 Å². The quantitative estimate of drug-likeness (QED) is 0.405. The smallest absolute Gasteiger partial charge is 0.328 e. The van der Waals surface area contributed by atoms with Crippen LogP contribution in [0.15, 0.2) is 0 Å². The van der Waals surface area contributed by atoms with Gasteiger partial charge in [0.2, 0.25) is 0 Å². The molecule has 3 atom stereocenters. The van der Waals surface area contributed by atoms with Gasteiger partial charge in [-0.15, -0.1) is 0 Å². The van der Waals surface area contributed by atoms with Crippen molar-refractivity contribution >= 4 is 23.6 Å². The highest BCUT2D eigenvalue weighted by molar-refractivity contribution is 7.99. The number of esters is 1. The van der Waals surface area contributed by atoms with Gasteiger partial charge in [0.25, 0.3) is 5.91 Å². The second-order valence-corrected chi connectivity index (χ2v) is 5.47. The fraction of sp³-hybridized carbons (Fsp3) is 0.833. The first kappa shape index (κ1) is 18.2. The summed E-state index contributed by atoms with van der Waals surface area (Å²) in [5, 5.41) is 12.1. The number of ether oxygens (including phenoxy) is 1. The van der Waals surface area contributed by atoms with Crippen molar-refractivity contribution in [3.05, 3.63) is 0 Å². The molecule has 0 rings (SSSR count). The van der Waals surface area contributed by atoms with Gasteiger partial charge < -0.3 is 20.9 Å². The van der Waals surface area contributed by atoms with Crippen LogP contribution in [0, 0.1) is 0 Å². The lowest BCUT2D eigenvalue weighted by Crippen LogP contribution is -2.50. The highest BCUT2D eigenvalue weighted by atomic mass is 32.2. The van der Waals surface area contributed by atoms with E-state index in [2.05, 4.69) is 5.32 Å². The Hall–Kier alpha value is -0.790. The van der Waals surface area contributed by atoms with Gasteiger partial charge in [-0.25, -0.2) is 4.79 Å². The fourth-order valence-corrected chi connectivity index (χ4v) is 2.07. The molecular formula is C12H24N2O4S. The Labute approximate surface area is 118 Å². The number of nitrogens with two attached hydrogens (primary N) is 1. The molecule has 0 heterocycles. The average Bonchev–Trinajstić information content (AvgIpc) is 2.38. The van der Waals surface area contributed by atoms with Crippen LogP contribution in [0.2, 0.25) is 0 Å². The first-order valence-electron chi connectivity index (χ1n) is 6.42. The zero-order chi connectivity index (χ0) is 14.8. The van der Waals surface area contributed by atoms with Gasteiger partial charge in [-0.3, -0.25) is 4.79 Å². The van der Waals surface area contributed by atoms with Crippen molar-refractivity contribution in [1.29, 1.82) is 0 Å². The van der Waals surface area contributed by atoms with E-state index >= 15 is 0 Å². The summed E-state index contributed by atoms with van der Waals surface area (Å²) in [5.74, 6) is 0.581. The molecule has 112 valence electrons. The van der Waals surface area contributed by atoms with Crippen LogP contribution in [0.25, 0.3) is 0 Å². The highest BCUT2D eigenvalue weighted by Crippen LogP contribution is 2.06. The zero-order valence-electron chi connectivity index (χ0n) is 11.7. The van der Waals surface area contributed by atoms with E-state index < -0.39 is 30.1 Å². The number of aliphatic hydroxyl groups is 1. The number of aliphatic hydroxyl groups excluding tert-OH is 1. The van der Waals surface area contributed by atoms with E-state index in [9.17, 15) is 14.7 Å². The van der Waals surface area contributed by atoms with Crippen molar-refractivity contribution in [2.45, 2.75) is 45.4 Å². The van der Waals surface area contributed by atoms with E-state index in [0.29, 0.717) is 6.42 Å². The number of nitrogens with one attached hydrogen (secondary N) is 1. The minimum Gasteiger partial charge on any atom is -0.464 e. The number of hydrogen-bond acceptors (Lipinski definition) is 6. The summed E-state index contributed by atoms with van der Waals surface area (Å²) in [6.45, 7) is 5.46. The van der Waals surface area contributed by atoms with Gasteiger partial charge in [-0.1, -0.05) is 6.92 Å². The molecular weight excluding hydrogens is 268 g/mol. The summed E-state index contributed by atoms with van der Waals surface area (Å²) in [5.41, 5.74) is 5.73. The van der Waals surface area contributed by atoms with Gasteiger partial charge in [0, 0.05) is 6.04 Å². The summed E-state index contributed by atoms with van der Waals surface area (Å²) < 4.78 is 4.75. The molecule has 0 aliphatic heterocycles. The van der Waals surface area contributed by atoms with Crippen LogP contribution in [0.5, 0.6) is 0 Å². The molecule has 19 heavy (non-hydrogen) atoms. The maximum absolute atomic E-state index is 11.7. The predicted octanol–water partition coefficient (Wildman–Crippen LogP) is -0.114. The van der Waals surface area contributed by atoms with E-state index in [0.717, 1.165) is 11.5 Å². The number of hydrogen-bond donors (Lipinski definition) is 3. The average molecular weight is 292 g/mol. The molecule has 1 amide bonds. The van der Waals surface area contributed by atoms with E-state index in [1.54, 1.807) is 18.7 Å². The van der Waals surface area contributed by atoms with Crippen molar-refractivity contribution in [3.63, 3.8) is 0 Å². The first-order chi connectivity index (χ1) is 8.93. The molecule has 0 bridgehead atoms. The monoisotopic (exact) mass is 292 g/mol. The first-order valence-corrected chi connectivity index (χ1v) is 7.57. The molecule has 7 heteroatoms. The van der Waals surface area contributed by atoms with Gasteiger partial charge in [-0.05, 0) is 31.8 Å². The van der Waals surface area contributed by atoms with Crippen molar-refractivity contribution < 1.29 is 19.4 Å². The minimum atomic E-state index is -1.31. The summed E-state index contributed by atoms with van der Waals surface area (Å²) >= 11 is 1.69. The molecule has 6 nitrogen and oxygen atoms in total. The Morgan fingerprint density at radius 1 is 1.42 bits per heavy atom. The van der Waals surface area contributed by atoms with Crippen molar-refractivity contribution in [1.82, 2.24) is 5.32 Å². The number of thioether (sulfide) groups is 1. The van der Waals surface area contributed by atoms with Crippen molar-refractivity contribution in [2.24, 2.45) is 5.73 Å². The fourth-order valence-electron chi connectivity index (χ4n) is 1.34. The second-order valence-electron chi connectivity index (χ2n) is 4.08. The summed E-state index contributed by atoms with van der Waals surface area (Å²) in [4.78, 5) is 23.0.